The van der Waals surface area contributed by atoms with E-state index < -0.39 is 0 Å². The van der Waals surface area contributed by atoms with Crippen molar-refractivity contribution in [3.8, 4) is 11.1 Å². The number of nitrogens with one attached hydrogen (secondary N) is 1. The fraction of sp³-hybridized carbons (Fsp3) is 0.143. The number of nitrogens with zero attached hydrogens (tertiary/aromatic N) is 2. The molecule has 0 saturated carbocycles. The Labute approximate surface area is 155 Å². The second-order valence-corrected chi connectivity index (χ2v) is 7.52. The van der Waals surface area contributed by atoms with Crippen molar-refractivity contribution in [1.29, 1.82) is 0 Å². The highest BCUT2D eigenvalue weighted by molar-refractivity contribution is 7.12. The van der Waals surface area contributed by atoms with E-state index >= 15 is 0 Å². The average Bonchev–Trinajstić information content (AvgIpc) is 3.28. The standard InChI is InChI=1S/C21H17N3OS/c25-21(19-10-15(13-26-19)14-6-2-1-3-7-14)24-11-16(12-24)20-22-17-8-4-5-9-18(17)23-20/h1-10,13,16H,11-12H2,(H,22,23). The van der Waals surface area contributed by atoms with Gasteiger partial charge in [-0.3, -0.25) is 4.79 Å². The first-order chi connectivity index (χ1) is 12.8. The molecule has 26 heavy (non-hydrogen) atoms. The van der Waals surface area contributed by atoms with Gasteiger partial charge in [0.1, 0.15) is 5.82 Å². The van der Waals surface area contributed by atoms with Gasteiger partial charge in [-0.15, -0.1) is 11.3 Å². The first-order valence-corrected chi connectivity index (χ1v) is 9.54. The number of hydrogen-bond donors (Lipinski definition) is 1. The van der Waals surface area contributed by atoms with E-state index in [1.54, 1.807) is 0 Å². The van der Waals surface area contributed by atoms with Crippen molar-refractivity contribution in [2.45, 2.75) is 5.92 Å². The van der Waals surface area contributed by atoms with Crippen molar-refractivity contribution in [2.24, 2.45) is 0 Å². The van der Waals surface area contributed by atoms with Crippen LogP contribution in [0.4, 0.5) is 0 Å². The van der Waals surface area contributed by atoms with E-state index in [0.29, 0.717) is 5.92 Å². The molecule has 5 heteroatoms. The Balaban J connectivity index is 1.29. The van der Waals surface area contributed by atoms with E-state index in [2.05, 4.69) is 27.5 Å². The predicted molar refractivity (Wildman–Crippen MR) is 104 cm³/mol. The normalized spacial score (nSPS) is 14.5. The molecule has 128 valence electrons. The second-order valence-electron chi connectivity index (χ2n) is 6.61. The van der Waals surface area contributed by atoms with Gasteiger partial charge in [0.2, 0.25) is 0 Å². The van der Waals surface area contributed by atoms with E-state index in [4.69, 9.17) is 0 Å². The minimum absolute atomic E-state index is 0.115. The zero-order valence-corrected chi connectivity index (χ0v) is 14.9. The SMILES string of the molecule is O=C(c1cc(-c2ccccc2)cs1)N1CC(c2nc3ccccc3[nH]2)C1. The van der Waals surface area contributed by atoms with Gasteiger partial charge in [-0.1, -0.05) is 42.5 Å². The monoisotopic (exact) mass is 359 g/mol. The first kappa shape index (κ1) is 15.3. The molecule has 0 bridgehead atoms. The van der Waals surface area contributed by atoms with Crippen molar-refractivity contribution >= 4 is 28.3 Å². The maximum atomic E-state index is 12.7. The van der Waals surface area contributed by atoms with Crippen LogP contribution in [0, 0.1) is 0 Å². The molecule has 2 aromatic carbocycles. The Morgan fingerprint density at radius 3 is 2.62 bits per heavy atom. The highest BCUT2D eigenvalue weighted by Gasteiger charge is 2.34. The lowest BCUT2D eigenvalue weighted by Crippen LogP contribution is -2.48. The number of fused-ring (bicyclic) bond motifs is 1. The molecule has 3 heterocycles. The zero-order valence-electron chi connectivity index (χ0n) is 14.1. The van der Waals surface area contributed by atoms with Crippen molar-refractivity contribution in [3.05, 3.63) is 76.7 Å². The van der Waals surface area contributed by atoms with Crippen LogP contribution in [0.15, 0.2) is 66.0 Å². The molecule has 1 aliphatic rings. The summed E-state index contributed by atoms with van der Waals surface area (Å²) >= 11 is 1.52. The van der Waals surface area contributed by atoms with Crippen LogP contribution in [-0.4, -0.2) is 33.9 Å². The zero-order chi connectivity index (χ0) is 17.5. The Morgan fingerprint density at radius 1 is 1.04 bits per heavy atom. The summed E-state index contributed by atoms with van der Waals surface area (Å²) in [6.45, 7) is 1.44. The van der Waals surface area contributed by atoms with Crippen LogP contribution in [0.3, 0.4) is 0 Å². The number of benzene rings is 2. The van der Waals surface area contributed by atoms with Crippen LogP contribution in [-0.2, 0) is 0 Å². The summed E-state index contributed by atoms with van der Waals surface area (Å²) in [5, 5.41) is 2.05. The largest absolute Gasteiger partial charge is 0.342 e. The van der Waals surface area contributed by atoms with Gasteiger partial charge in [-0.25, -0.2) is 4.98 Å². The lowest BCUT2D eigenvalue weighted by Gasteiger charge is -2.37. The molecule has 1 amide bonds. The van der Waals surface area contributed by atoms with Crippen LogP contribution in [0.1, 0.15) is 21.4 Å². The van der Waals surface area contributed by atoms with Gasteiger partial charge >= 0.3 is 0 Å². The Kier molecular flexibility index (Phi) is 3.60. The molecule has 1 aliphatic heterocycles. The third-order valence-electron chi connectivity index (χ3n) is 4.88. The minimum atomic E-state index is 0.115. The van der Waals surface area contributed by atoms with E-state index in [0.717, 1.165) is 46.0 Å². The summed E-state index contributed by atoms with van der Waals surface area (Å²) in [5.74, 6) is 1.39. The lowest BCUT2D eigenvalue weighted by molar-refractivity contribution is 0.0601. The number of imidazole rings is 1. The van der Waals surface area contributed by atoms with Gasteiger partial charge in [0.25, 0.3) is 5.91 Å². The molecular weight excluding hydrogens is 342 g/mol. The van der Waals surface area contributed by atoms with Gasteiger partial charge in [-0.05, 0) is 34.7 Å². The van der Waals surface area contributed by atoms with E-state index in [1.807, 2.05) is 53.4 Å². The topological polar surface area (TPSA) is 49.0 Å². The van der Waals surface area contributed by atoms with Gasteiger partial charge in [0.05, 0.1) is 21.8 Å². The average molecular weight is 359 g/mol. The maximum Gasteiger partial charge on any atom is 0.263 e. The summed E-state index contributed by atoms with van der Waals surface area (Å²) in [4.78, 5) is 23.5. The third kappa shape index (κ3) is 2.61. The number of H-pyrrole nitrogens is 1. The van der Waals surface area contributed by atoms with E-state index in [9.17, 15) is 4.79 Å². The molecule has 0 spiro atoms. The summed E-state index contributed by atoms with van der Waals surface area (Å²) in [5.41, 5.74) is 4.29. The fourth-order valence-electron chi connectivity index (χ4n) is 3.37. The number of likely N-dealkylation sites (tertiary alicyclic amines) is 1. The third-order valence-corrected chi connectivity index (χ3v) is 5.80. The summed E-state index contributed by atoms with van der Waals surface area (Å²) in [7, 11) is 0. The second kappa shape index (κ2) is 6.11. The summed E-state index contributed by atoms with van der Waals surface area (Å²) in [6, 6.07) is 20.2. The van der Waals surface area contributed by atoms with Gasteiger partial charge < -0.3 is 9.88 Å². The van der Waals surface area contributed by atoms with E-state index in [-0.39, 0.29) is 5.91 Å². The molecule has 0 unspecified atom stereocenters. The number of amides is 1. The van der Waals surface area contributed by atoms with Crippen LogP contribution < -0.4 is 0 Å². The minimum Gasteiger partial charge on any atom is -0.342 e. The lowest BCUT2D eigenvalue weighted by atomic mass is 9.99. The van der Waals surface area contributed by atoms with Gasteiger partial charge in [0.15, 0.2) is 0 Å². The fourth-order valence-corrected chi connectivity index (χ4v) is 4.25. The smallest absolute Gasteiger partial charge is 0.263 e. The number of carbonyl (C=O) groups excluding carboxylic acids is 1. The van der Waals surface area contributed by atoms with Crippen molar-refractivity contribution in [2.75, 3.05) is 13.1 Å². The van der Waals surface area contributed by atoms with Crippen LogP contribution >= 0.6 is 11.3 Å². The Bertz CT molecular complexity index is 1040. The molecule has 0 aliphatic carbocycles. The molecule has 2 aromatic heterocycles. The molecular formula is C21H17N3OS. The van der Waals surface area contributed by atoms with Crippen LogP contribution in [0.2, 0.25) is 0 Å². The summed E-state index contributed by atoms with van der Waals surface area (Å²) < 4.78 is 0. The molecule has 1 N–H and O–H groups in total. The molecule has 1 fully saturated rings. The number of aromatic amines is 1. The van der Waals surface area contributed by atoms with Gasteiger partial charge in [0, 0.05) is 13.1 Å². The summed E-state index contributed by atoms with van der Waals surface area (Å²) in [6.07, 6.45) is 0. The number of aromatic nitrogens is 2. The van der Waals surface area contributed by atoms with E-state index in [1.165, 1.54) is 11.3 Å². The molecule has 4 nitrogen and oxygen atoms in total. The first-order valence-electron chi connectivity index (χ1n) is 8.66. The van der Waals surface area contributed by atoms with Crippen LogP contribution in [0.5, 0.6) is 0 Å². The quantitative estimate of drug-likeness (QED) is 0.584. The molecule has 1 saturated heterocycles. The van der Waals surface area contributed by atoms with Crippen molar-refractivity contribution < 1.29 is 4.79 Å². The maximum absolute atomic E-state index is 12.7. The molecule has 0 radical (unpaired) electrons. The Morgan fingerprint density at radius 2 is 1.81 bits per heavy atom. The highest BCUT2D eigenvalue weighted by atomic mass is 32.1. The number of carbonyl (C=O) groups is 1. The van der Waals surface area contributed by atoms with Crippen molar-refractivity contribution in [1.82, 2.24) is 14.9 Å². The number of thiophene rings is 1. The molecule has 5 rings (SSSR count). The molecule has 0 atom stereocenters. The predicted octanol–water partition coefficient (Wildman–Crippen LogP) is 4.53. The van der Waals surface area contributed by atoms with Crippen LogP contribution in [0.25, 0.3) is 22.2 Å². The molecule has 4 aromatic rings. The van der Waals surface area contributed by atoms with Crippen molar-refractivity contribution in [3.63, 3.8) is 0 Å². The number of para-hydroxylation sites is 2. The number of rotatable bonds is 3. The number of hydrogen-bond acceptors (Lipinski definition) is 3. The highest BCUT2D eigenvalue weighted by Crippen LogP contribution is 2.31. The van der Waals surface area contributed by atoms with Gasteiger partial charge in [-0.2, -0.15) is 0 Å². The Hall–Kier alpha value is -2.92.